The summed E-state index contributed by atoms with van der Waals surface area (Å²) in [4.78, 5) is 16.5. The second-order valence-corrected chi connectivity index (χ2v) is 24.6. The number of halogens is 1. The summed E-state index contributed by atoms with van der Waals surface area (Å²) >= 11 is 17.3. The molecular weight excluding hydrogens is 447 g/mol. The number of carbonyl (C=O) groups excluding carboxylic acids is 1. The van der Waals surface area contributed by atoms with Gasteiger partial charge in [0.25, 0.3) is 0 Å². The minimum Gasteiger partial charge on any atom is -0.481 e. The molecule has 0 saturated heterocycles. The molecule has 1 rings (SSSR count). The van der Waals surface area contributed by atoms with Crippen molar-refractivity contribution in [2.75, 3.05) is 18.2 Å². The topological polar surface area (TPSA) is 51.2 Å². The largest absolute Gasteiger partial charge is 0.481 e. The van der Waals surface area contributed by atoms with E-state index in [1.54, 1.807) is 40.2 Å². The summed E-state index contributed by atoms with van der Waals surface area (Å²) in [5.74, 6) is 0.550. The van der Waals surface area contributed by atoms with Crippen molar-refractivity contribution in [2.24, 2.45) is 0 Å². The van der Waals surface area contributed by atoms with Crippen LogP contribution >= 0.6 is 49.4 Å². The number of methoxy groups -OCH3 is 1. The molecule has 0 saturated carbocycles. The Morgan fingerprint density at radius 2 is 1.81 bits per heavy atom. The predicted octanol–water partition coefficient (Wildman–Crippen LogP) is 6.70. The van der Waals surface area contributed by atoms with Crippen LogP contribution in [-0.2, 0) is 16.6 Å². The summed E-state index contributed by atoms with van der Waals surface area (Å²) in [5, 5.41) is 3.19. The number of anilines is 1. The highest BCUT2D eigenvalue weighted by atomic mass is 35.5. The fourth-order valence-electron chi connectivity index (χ4n) is 1.68. The van der Waals surface area contributed by atoms with Crippen LogP contribution in [0.3, 0.4) is 0 Å². The Labute approximate surface area is 179 Å². The minimum absolute atomic E-state index is 0.0421. The molecule has 0 aromatic carbocycles. The van der Waals surface area contributed by atoms with E-state index < -0.39 is 3.64 Å². The third-order valence-corrected chi connectivity index (χ3v) is 17.8. The number of amides is 1. The summed E-state index contributed by atoms with van der Waals surface area (Å²) in [7, 11) is 1.51. The Hall–Kier alpha value is 0.410. The molecule has 1 N–H and O–H groups in total. The SMILES string of the molecule is COc1cc(Cl)c(NC(=O)CSP(=S)(SC(C)(C)C)SC(C)(C)C)cn1. The van der Waals surface area contributed by atoms with E-state index in [-0.39, 0.29) is 21.2 Å². The van der Waals surface area contributed by atoms with Crippen LogP contribution in [0, 0.1) is 0 Å². The van der Waals surface area contributed by atoms with Crippen LogP contribution < -0.4 is 10.1 Å². The lowest BCUT2D eigenvalue weighted by atomic mass is 10.3. The van der Waals surface area contributed by atoms with Crippen molar-refractivity contribution in [3.63, 3.8) is 0 Å². The van der Waals surface area contributed by atoms with Gasteiger partial charge in [0, 0.05) is 15.6 Å². The van der Waals surface area contributed by atoms with Crippen molar-refractivity contribution >= 4 is 72.8 Å². The first-order chi connectivity index (χ1) is 11.7. The summed E-state index contributed by atoms with van der Waals surface area (Å²) in [6.45, 7) is 12.9. The minimum atomic E-state index is -1.89. The third kappa shape index (κ3) is 9.56. The van der Waals surface area contributed by atoms with Gasteiger partial charge >= 0.3 is 0 Å². The van der Waals surface area contributed by atoms with Crippen molar-refractivity contribution in [2.45, 2.75) is 51.0 Å². The monoisotopic (exact) mass is 472 g/mol. The average Bonchev–Trinajstić information content (AvgIpc) is 2.43. The van der Waals surface area contributed by atoms with Gasteiger partial charge in [-0.1, -0.05) is 99.1 Å². The molecule has 1 aromatic rings. The van der Waals surface area contributed by atoms with E-state index in [0.717, 1.165) is 0 Å². The molecule has 0 fully saturated rings. The fourth-order valence-corrected chi connectivity index (χ4v) is 23.8. The van der Waals surface area contributed by atoms with E-state index in [1.807, 2.05) is 0 Å². The quantitative estimate of drug-likeness (QED) is 0.443. The molecule has 1 amide bonds. The fraction of sp³-hybridized carbons (Fsp3) is 0.625. The lowest BCUT2D eigenvalue weighted by molar-refractivity contribution is -0.113. The highest BCUT2D eigenvalue weighted by Gasteiger charge is 2.32. The number of nitrogens with one attached hydrogen (secondary N) is 1. The molecule has 0 bridgehead atoms. The van der Waals surface area contributed by atoms with Crippen LogP contribution in [0.15, 0.2) is 12.3 Å². The number of rotatable bonds is 7. The van der Waals surface area contributed by atoms with Crippen molar-refractivity contribution < 1.29 is 9.53 Å². The number of hydrogen-bond donors (Lipinski definition) is 1. The molecule has 1 heterocycles. The highest BCUT2D eigenvalue weighted by molar-refractivity contribution is 9.23. The lowest BCUT2D eigenvalue weighted by Gasteiger charge is -2.32. The van der Waals surface area contributed by atoms with Gasteiger partial charge < -0.3 is 10.1 Å². The maximum Gasteiger partial charge on any atom is 0.234 e. The van der Waals surface area contributed by atoms with Crippen molar-refractivity contribution in [1.82, 2.24) is 4.98 Å². The van der Waals surface area contributed by atoms with Crippen molar-refractivity contribution in [3.05, 3.63) is 17.3 Å². The number of pyridine rings is 1. The van der Waals surface area contributed by atoms with Crippen molar-refractivity contribution in [3.8, 4) is 5.88 Å². The molecule has 10 heteroatoms. The number of nitrogens with zero attached hydrogens (tertiary/aromatic N) is 1. The van der Waals surface area contributed by atoms with E-state index in [9.17, 15) is 4.79 Å². The van der Waals surface area contributed by atoms with E-state index in [2.05, 4.69) is 51.8 Å². The van der Waals surface area contributed by atoms with Crippen LogP contribution in [0.25, 0.3) is 0 Å². The average molecular weight is 473 g/mol. The van der Waals surface area contributed by atoms with E-state index >= 15 is 0 Å². The number of aromatic nitrogens is 1. The molecule has 148 valence electrons. The Morgan fingerprint density at radius 1 is 1.27 bits per heavy atom. The normalized spacial score (nSPS) is 12.8. The third-order valence-electron chi connectivity index (χ3n) is 2.44. The van der Waals surface area contributed by atoms with Crippen LogP contribution in [0.2, 0.25) is 5.02 Å². The zero-order valence-corrected chi connectivity index (χ0v) is 21.0. The van der Waals surface area contributed by atoms with Crippen LogP contribution in [0.5, 0.6) is 5.88 Å². The van der Waals surface area contributed by atoms with Gasteiger partial charge in [-0.2, -0.15) is 0 Å². The number of ether oxygens (including phenoxy) is 1. The van der Waals surface area contributed by atoms with Crippen LogP contribution in [0.1, 0.15) is 41.5 Å². The first-order valence-corrected chi connectivity index (χ1v) is 15.5. The van der Waals surface area contributed by atoms with Crippen LogP contribution in [0.4, 0.5) is 5.69 Å². The van der Waals surface area contributed by atoms with Gasteiger partial charge in [-0.15, -0.1) is 0 Å². The first-order valence-electron chi connectivity index (χ1n) is 7.88. The standard InChI is InChI=1S/C16H26ClN2O2PS4/c1-15(2,3)25-22(23,26-16(4,5)6)24-10-13(20)19-12-9-18-14(21-7)8-11(12)17/h8-9H,10H2,1-7H3,(H,19,20). The zero-order chi connectivity index (χ0) is 20.2. The first kappa shape index (κ1) is 24.4. The second kappa shape index (κ2) is 9.75. The van der Waals surface area contributed by atoms with Gasteiger partial charge in [-0.3, -0.25) is 4.79 Å². The summed E-state index contributed by atoms with van der Waals surface area (Å²) < 4.78 is 3.21. The lowest BCUT2D eigenvalue weighted by Crippen LogP contribution is -2.15. The Bertz CT molecular complexity index is 670. The molecule has 0 aliphatic heterocycles. The molecule has 26 heavy (non-hydrogen) atoms. The molecule has 4 nitrogen and oxygen atoms in total. The van der Waals surface area contributed by atoms with E-state index in [4.69, 9.17) is 28.1 Å². The Kier molecular flexibility index (Phi) is 9.17. The highest BCUT2D eigenvalue weighted by Crippen LogP contribution is 2.82. The maximum atomic E-state index is 12.4. The second-order valence-electron chi connectivity index (χ2n) is 7.38. The van der Waals surface area contributed by atoms with Crippen LogP contribution in [-0.4, -0.2) is 33.2 Å². The van der Waals surface area contributed by atoms with Gasteiger partial charge in [0.2, 0.25) is 11.8 Å². The van der Waals surface area contributed by atoms with E-state index in [0.29, 0.717) is 16.6 Å². The van der Waals surface area contributed by atoms with Gasteiger partial charge in [0.15, 0.2) is 0 Å². The van der Waals surface area contributed by atoms with Gasteiger partial charge in [-0.25, -0.2) is 4.98 Å². The molecule has 0 atom stereocenters. The molecule has 0 radical (unpaired) electrons. The maximum absolute atomic E-state index is 12.4. The van der Waals surface area contributed by atoms with Gasteiger partial charge in [0.1, 0.15) is 3.64 Å². The number of hydrogen-bond acceptors (Lipinski definition) is 7. The Balaban J connectivity index is 2.78. The number of carbonyl (C=O) groups is 1. The Morgan fingerprint density at radius 3 is 2.23 bits per heavy atom. The van der Waals surface area contributed by atoms with Gasteiger partial charge in [0.05, 0.1) is 29.8 Å². The van der Waals surface area contributed by atoms with E-state index in [1.165, 1.54) is 13.3 Å². The molecule has 0 aliphatic carbocycles. The molecule has 0 spiro atoms. The summed E-state index contributed by atoms with van der Waals surface area (Å²) in [5.41, 5.74) is 0.471. The van der Waals surface area contributed by atoms with Gasteiger partial charge in [-0.05, 0) is 0 Å². The summed E-state index contributed by atoms with van der Waals surface area (Å²) in [6.07, 6.45) is 1.49. The van der Waals surface area contributed by atoms with Crippen molar-refractivity contribution in [1.29, 1.82) is 0 Å². The molecule has 1 aromatic heterocycles. The molecular formula is C16H26ClN2O2PS4. The predicted molar refractivity (Wildman–Crippen MR) is 126 cm³/mol. The molecule has 0 unspecified atom stereocenters. The smallest absolute Gasteiger partial charge is 0.234 e. The zero-order valence-electron chi connectivity index (χ0n) is 16.1. The molecule has 0 aliphatic rings. The summed E-state index contributed by atoms with van der Waals surface area (Å²) in [6, 6.07) is 1.57.